The Morgan fingerprint density at radius 3 is 2.61 bits per heavy atom. The second-order valence-corrected chi connectivity index (χ2v) is 5.92. The van der Waals surface area contributed by atoms with Gasteiger partial charge in [0.05, 0.1) is 0 Å². The molecule has 3 nitrogen and oxygen atoms in total. The Kier molecular flexibility index (Phi) is 5.48. The topological polar surface area (TPSA) is 32.3 Å². The van der Waals surface area contributed by atoms with Crippen molar-refractivity contribution in [2.75, 3.05) is 19.6 Å². The maximum absolute atomic E-state index is 12.1. The van der Waals surface area contributed by atoms with Crippen LogP contribution >= 0.6 is 0 Å². The molecule has 1 atom stereocenters. The minimum absolute atomic E-state index is 0.386. The zero-order valence-electron chi connectivity index (χ0n) is 11.8. The van der Waals surface area contributed by atoms with Crippen LogP contribution in [0.25, 0.3) is 0 Å². The van der Waals surface area contributed by atoms with Crippen LogP contribution in [-0.4, -0.2) is 36.5 Å². The fraction of sp³-hybridized carbons (Fsp3) is 0.933. The van der Waals surface area contributed by atoms with Crippen LogP contribution in [-0.2, 0) is 4.79 Å². The predicted octanol–water partition coefficient (Wildman–Crippen LogP) is 2.56. The summed E-state index contributed by atoms with van der Waals surface area (Å²) in [5.74, 6) is 1.24. The Bertz CT molecular complexity index is 253. The maximum atomic E-state index is 12.1. The van der Waals surface area contributed by atoms with E-state index >= 15 is 0 Å². The van der Waals surface area contributed by atoms with E-state index in [1.807, 2.05) is 0 Å². The highest BCUT2D eigenvalue weighted by molar-refractivity contribution is 5.76. The number of rotatable bonds is 4. The van der Waals surface area contributed by atoms with Gasteiger partial charge in [-0.3, -0.25) is 4.79 Å². The first kappa shape index (κ1) is 13.9. The molecule has 2 rings (SSSR count). The molecule has 2 aliphatic heterocycles. The van der Waals surface area contributed by atoms with E-state index < -0.39 is 0 Å². The molecule has 1 amide bonds. The van der Waals surface area contributed by atoms with E-state index in [2.05, 4.69) is 17.1 Å². The predicted molar refractivity (Wildman–Crippen MR) is 74.5 cm³/mol. The van der Waals surface area contributed by atoms with Crippen LogP contribution in [0.3, 0.4) is 0 Å². The van der Waals surface area contributed by atoms with Gasteiger partial charge in [-0.15, -0.1) is 0 Å². The van der Waals surface area contributed by atoms with Crippen LogP contribution in [0.4, 0.5) is 0 Å². The first-order valence-corrected chi connectivity index (χ1v) is 7.80. The summed E-state index contributed by atoms with van der Waals surface area (Å²) in [5.41, 5.74) is 0. The number of amides is 1. The van der Waals surface area contributed by atoms with Crippen molar-refractivity contribution >= 4 is 5.91 Å². The molecule has 2 heterocycles. The van der Waals surface area contributed by atoms with Crippen molar-refractivity contribution < 1.29 is 4.79 Å². The lowest BCUT2D eigenvalue weighted by atomic mass is 9.94. The zero-order chi connectivity index (χ0) is 12.8. The number of hydrogen-bond donors (Lipinski definition) is 1. The number of piperidine rings is 2. The highest BCUT2D eigenvalue weighted by Crippen LogP contribution is 2.21. The van der Waals surface area contributed by atoms with Crippen molar-refractivity contribution in [2.24, 2.45) is 5.92 Å². The summed E-state index contributed by atoms with van der Waals surface area (Å²) in [6, 6.07) is 0.593. The van der Waals surface area contributed by atoms with Crippen molar-refractivity contribution in [3.63, 3.8) is 0 Å². The van der Waals surface area contributed by atoms with Gasteiger partial charge in [0.1, 0.15) is 0 Å². The molecule has 0 aromatic rings. The molecule has 2 fully saturated rings. The molecule has 1 N–H and O–H groups in total. The van der Waals surface area contributed by atoms with Crippen LogP contribution in [0, 0.1) is 5.92 Å². The lowest BCUT2D eigenvalue weighted by Gasteiger charge is -2.32. The average Bonchev–Trinajstić information content (AvgIpc) is 2.46. The van der Waals surface area contributed by atoms with Gasteiger partial charge < -0.3 is 10.2 Å². The van der Waals surface area contributed by atoms with Crippen molar-refractivity contribution in [2.45, 2.75) is 64.3 Å². The largest absolute Gasteiger partial charge is 0.343 e. The van der Waals surface area contributed by atoms with Crippen molar-refractivity contribution in [1.82, 2.24) is 10.2 Å². The van der Waals surface area contributed by atoms with Gasteiger partial charge in [0.2, 0.25) is 5.91 Å². The fourth-order valence-corrected chi connectivity index (χ4v) is 3.22. The van der Waals surface area contributed by atoms with E-state index in [0.717, 1.165) is 38.4 Å². The summed E-state index contributed by atoms with van der Waals surface area (Å²) in [7, 11) is 0. The maximum Gasteiger partial charge on any atom is 0.222 e. The number of nitrogens with zero attached hydrogens (tertiary/aromatic N) is 1. The van der Waals surface area contributed by atoms with E-state index in [4.69, 9.17) is 0 Å². The minimum Gasteiger partial charge on any atom is -0.343 e. The lowest BCUT2D eigenvalue weighted by Crippen LogP contribution is -2.40. The zero-order valence-corrected chi connectivity index (χ0v) is 11.8. The van der Waals surface area contributed by atoms with Gasteiger partial charge in [0, 0.05) is 25.6 Å². The summed E-state index contributed by atoms with van der Waals surface area (Å²) in [6.45, 7) is 5.39. The quantitative estimate of drug-likeness (QED) is 0.834. The van der Waals surface area contributed by atoms with Crippen LogP contribution in [0.1, 0.15) is 58.3 Å². The van der Waals surface area contributed by atoms with E-state index in [-0.39, 0.29) is 0 Å². The average molecular weight is 252 g/mol. The third-order valence-electron chi connectivity index (χ3n) is 4.66. The number of carbonyl (C=O) groups excluding carboxylic acids is 1. The summed E-state index contributed by atoms with van der Waals surface area (Å²) in [6.07, 6.45) is 9.36. The van der Waals surface area contributed by atoms with Gasteiger partial charge in [-0.05, 0) is 44.6 Å². The van der Waals surface area contributed by atoms with Crippen molar-refractivity contribution in [1.29, 1.82) is 0 Å². The van der Waals surface area contributed by atoms with Crippen LogP contribution in [0.2, 0.25) is 0 Å². The van der Waals surface area contributed by atoms with Crippen LogP contribution in [0.15, 0.2) is 0 Å². The Morgan fingerprint density at radius 1 is 1.22 bits per heavy atom. The summed E-state index contributed by atoms with van der Waals surface area (Å²) >= 11 is 0. The van der Waals surface area contributed by atoms with Crippen LogP contribution < -0.4 is 5.32 Å². The normalized spacial score (nSPS) is 26.3. The number of hydrogen-bond acceptors (Lipinski definition) is 2. The summed E-state index contributed by atoms with van der Waals surface area (Å²) in [5, 5.41) is 3.52. The summed E-state index contributed by atoms with van der Waals surface area (Å²) < 4.78 is 0. The fourth-order valence-electron chi connectivity index (χ4n) is 3.22. The molecular formula is C15H28N2O. The molecule has 2 aliphatic rings. The van der Waals surface area contributed by atoms with E-state index in [9.17, 15) is 4.79 Å². The number of nitrogens with one attached hydrogen (secondary N) is 1. The van der Waals surface area contributed by atoms with E-state index in [1.54, 1.807) is 0 Å². The second kappa shape index (κ2) is 7.13. The number of carbonyl (C=O) groups is 1. The smallest absolute Gasteiger partial charge is 0.222 e. The Balaban J connectivity index is 1.65. The van der Waals surface area contributed by atoms with Crippen LogP contribution in [0.5, 0.6) is 0 Å². The molecule has 2 saturated heterocycles. The molecule has 0 aliphatic carbocycles. The van der Waals surface area contributed by atoms with Gasteiger partial charge >= 0.3 is 0 Å². The lowest BCUT2D eigenvalue weighted by molar-refractivity contribution is -0.132. The molecule has 0 radical (unpaired) electrons. The van der Waals surface area contributed by atoms with E-state index in [1.165, 1.54) is 38.5 Å². The highest BCUT2D eigenvalue weighted by atomic mass is 16.2. The molecule has 3 heteroatoms. The Hall–Kier alpha value is -0.570. The molecule has 0 aromatic heterocycles. The SMILES string of the molecule is CCC1CCN(C(=O)CCC2CCCCN2)CC1. The van der Waals surface area contributed by atoms with Gasteiger partial charge in [0.25, 0.3) is 0 Å². The highest BCUT2D eigenvalue weighted by Gasteiger charge is 2.22. The Morgan fingerprint density at radius 2 is 2.00 bits per heavy atom. The molecular weight excluding hydrogens is 224 g/mol. The molecule has 0 bridgehead atoms. The van der Waals surface area contributed by atoms with Gasteiger partial charge in [-0.25, -0.2) is 0 Å². The third-order valence-corrected chi connectivity index (χ3v) is 4.66. The van der Waals surface area contributed by atoms with Gasteiger partial charge in [-0.1, -0.05) is 19.8 Å². The third kappa shape index (κ3) is 3.98. The van der Waals surface area contributed by atoms with E-state index in [0.29, 0.717) is 11.9 Å². The van der Waals surface area contributed by atoms with Gasteiger partial charge in [-0.2, -0.15) is 0 Å². The summed E-state index contributed by atoms with van der Waals surface area (Å²) in [4.78, 5) is 14.2. The standard InChI is InChI=1S/C15H28N2O/c1-2-13-8-11-17(12-9-13)15(18)7-6-14-5-3-4-10-16-14/h13-14,16H,2-12H2,1H3. The second-order valence-electron chi connectivity index (χ2n) is 5.92. The van der Waals surface area contributed by atoms with Crippen molar-refractivity contribution in [3.05, 3.63) is 0 Å². The first-order valence-electron chi connectivity index (χ1n) is 7.80. The molecule has 1 unspecified atom stereocenters. The monoisotopic (exact) mass is 252 g/mol. The molecule has 0 aromatic carbocycles. The Labute approximate surface area is 111 Å². The molecule has 0 saturated carbocycles. The first-order chi connectivity index (χ1) is 8.79. The molecule has 104 valence electrons. The molecule has 0 spiro atoms. The number of likely N-dealkylation sites (tertiary alicyclic amines) is 1. The molecule has 18 heavy (non-hydrogen) atoms. The van der Waals surface area contributed by atoms with Crippen molar-refractivity contribution in [3.8, 4) is 0 Å². The van der Waals surface area contributed by atoms with Gasteiger partial charge in [0.15, 0.2) is 0 Å². The minimum atomic E-state index is 0.386.